The van der Waals surface area contributed by atoms with Crippen molar-refractivity contribution in [3.63, 3.8) is 0 Å². The molecule has 0 aromatic carbocycles. The molecule has 1 aliphatic heterocycles. The second-order valence-electron chi connectivity index (χ2n) is 10.1. The monoisotopic (exact) mass is 483 g/mol. The number of rotatable bonds is 9. The molecule has 2 aromatic rings. The van der Waals surface area contributed by atoms with Crippen LogP contribution >= 0.6 is 0 Å². The lowest BCUT2D eigenvalue weighted by atomic mass is 9.65. The molecule has 10 nitrogen and oxygen atoms in total. The van der Waals surface area contributed by atoms with E-state index >= 15 is 0 Å². The van der Waals surface area contributed by atoms with E-state index in [1.807, 2.05) is 6.07 Å². The maximum Gasteiger partial charge on any atom is 0.326 e. The highest BCUT2D eigenvalue weighted by Gasteiger charge is 2.53. The summed E-state index contributed by atoms with van der Waals surface area (Å²) in [6.07, 6.45) is 8.24. The lowest BCUT2D eigenvalue weighted by molar-refractivity contribution is -0.148. The van der Waals surface area contributed by atoms with Gasteiger partial charge in [0.05, 0.1) is 6.61 Å². The van der Waals surface area contributed by atoms with Crippen molar-refractivity contribution >= 4 is 17.9 Å². The first-order valence-corrected chi connectivity index (χ1v) is 12.3. The van der Waals surface area contributed by atoms with Gasteiger partial charge in [0, 0.05) is 24.4 Å². The molecule has 4 rings (SSSR count). The van der Waals surface area contributed by atoms with Gasteiger partial charge in [0.25, 0.3) is 5.91 Å². The molecule has 1 spiro atoms. The molecule has 3 amide bonds. The van der Waals surface area contributed by atoms with Crippen LogP contribution in [0.25, 0.3) is 11.4 Å². The third-order valence-electron chi connectivity index (χ3n) is 7.57. The molecular weight excluding hydrogens is 450 g/mol. The Morgan fingerprint density at radius 2 is 2.09 bits per heavy atom. The average molecular weight is 484 g/mol. The Balaban J connectivity index is 1.22. The summed E-state index contributed by atoms with van der Waals surface area (Å²) in [5, 5.41) is 6.79. The molecule has 1 aliphatic carbocycles. The lowest BCUT2D eigenvalue weighted by Crippen LogP contribution is -2.51. The number of nitrogens with one attached hydrogen (secondary N) is 1. The standard InChI is InChI=1S/C25H33N5O5/c1-4-24(2,3)18-9-11-25(12-10-18)22(32)30(23(33)28-25)16-20(31)34-14-6-8-19-27-21(29-35-19)17-7-5-13-26-15-17/h5,7,13,15,18H,4,6,8-12,14,16H2,1-3H3,(H,28,33). The van der Waals surface area contributed by atoms with E-state index in [1.165, 1.54) is 0 Å². The molecule has 188 valence electrons. The minimum Gasteiger partial charge on any atom is -0.464 e. The van der Waals surface area contributed by atoms with Gasteiger partial charge in [-0.25, -0.2) is 4.79 Å². The number of carbonyl (C=O) groups excluding carboxylic acids is 3. The molecule has 0 bridgehead atoms. The summed E-state index contributed by atoms with van der Waals surface area (Å²) in [7, 11) is 0. The van der Waals surface area contributed by atoms with Crippen molar-refractivity contribution in [3.8, 4) is 11.4 Å². The van der Waals surface area contributed by atoms with E-state index in [2.05, 4.69) is 41.2 Å². The molecule has 3 heterocycles. The molecule has 0 radical (unpaired) electrons. The van der Waals surface area contributed by atoms with Gasteiger partial charge in [0.15, 0.2) is 0 Å². The fourth-order valence-corrected chi connectivity index (χ4v) is 4.89. The summed E-state index contributed by atoms with van der Waals surface area (Å²) in [5.74, 6) is 0.456. The number of ether oxygens (including phenoxy) is 1. The van der Waals surface area contributed by atoms with Crippen molar-refractivity contribution in [2.45, 2.75) is 71.3 Å². The van der Waals surface area contributed by atoms with Crippen molar-refractivity contribution in [1.29, 1.82) is 0 Å². The second-order valence-corrected chi connectivity index (χ2v) is 10.1. The zero-order valence-electron chi connectivity index (χ0n) is 20.6. The highest BCUT2D eigenvalue weighted by Crippen LogP contribution is 2.45. The predicted octanol–water partition coefficient (Wildman–Crippen LogP) is 3.52. The SMILES string of the molecule is CCC(C)(C)C1CCC2(CC1)NC(=O)N(CC(=O)OCCCc1nc(-c3cccnc3)no1)C2=O. The lowest BCUT2D eigenvalue weighted by Gasteiger charge is -2.42. The third kappa shape index (κ3) is 5.36. The van der Waals surface area contributed by atoms with Gasteiger partial charge in [-0.15, -0.1) is 0 Å². The Morgan fingerprint density at radius 1 is 1.31 bits per heavy atom. The van der Waals surface area contributed by atoms with E-state index in [0.29, 0.717) is 43.3 Å². The molecule has 2 aromatic heterocycles. The highest BCUT2D eigenvalue weighted by atomic mass is 16.5. The van der Waals surface area contributed by atoms with Gasteiger partial charge in [0.1, 0.15) is 12.1 Å². The normalized spacial score (nSPS) is 22.5. The highest BCUT2D eigenvalue weighted by molar-refractivity contribution is 6.08. The maximum absolute atomic E-state index is 13.1. The number of pyridine rings is 1. The van der Waals surface area contributed by atoms with Crippen LogP contribution in [0.4, 0.5) is 4.79 Å². The number of nitrogens with zero attached hydrogens (tertiary/aromatic N) is 4. The topological polar surface area (TPSA) is 128 Å². The van der Waals surface area contributed by atoms with E-state index in [1.54, 1.807) is 18.5 Å². The third-order valence-corrected chi connectivity index (χ3v) is 7.57. The van der Waals surface area contributed by atoms with Crippen molar-refractivity contribution < 1.29 is 23.6 Å². The van der Waals surface area contributed by atoms with Crippen LogP contribution in [0, 0.1) is 11.3 Å². The molecule has 0 atom stereocenters. The largest absolute Gasteiger partial charge is 0.464 e. The fraction of sp³-hybridized carbons (Fsp3) is 0.600. The number of aryl methyl sites for hydroxylation is 1. The first kappa shape index (κ1) is 24.8. The van der Waals surface area contributed by atoms with Crippen LogP contribution in [-0.2, 0) is 20.7 Å². The van der Waals surface area contributed by atoms with E-state index in [0.717, 1.165) is 29.7 Å². The van der Waals surface area contributed by atoms with Gasteiger partial charge < -0.3 is 14.6 Å². The molecular formula is C25H33N5O5. The number of carbonyl (C=O) groups is 3. The quantitative estimate of drug-likeness (QED) is 0.326. The van der Waals surface area contributed by atoms with Gasteiger partial charge in [-0.1, -0.05) is 32.3 Å². The molecule has 0 unspecified atom stereocenters. The molecule has 1 saturated carbocycles. The molecule has 10 heteroatoms. The summed E-state index contributed by atoms with van der Waals surface area (Å²) < 4.78 is 10.5. The predicted molar refractivity (Wildman–Crippen MR) is 126 cm³/mol. The summed E-state index contributed by atoms with van der Waals surface area (Å²) >= 11 is 0. The van der Waals surface area contributed by atoms with Crippen molar-refractivity contribution in [2.24, 2.45) is 11.3 Å². The zero-order chi connectivity index (χ0) is 25.1. The van der Waals surface area contributed by atoms with Crippen LogP contribution in [0.15, 0.2) is 29.0 Å². The molecule has 1 saturated heterocycles. The second kappa shape index (κ2) is 10.1. The Labute approximate surface area is 204 Å². The van der Waals surface area contributed by atoms with E-state index < -0.39 is 17.5 Å². The average Bonchev–Trinajstić information content (AvgIpc) is 3.42. The number of hydrogen-bond acceptors (Lipinski definition) is 8. The number of aromatic nitrogens is 3. The first-order chi connectivity index (χ1) is 16.7. The number of hydrogen-bond donors (Lipinski definition) is 1. The Kier molecular flexibility index (Phi) is 7.18. The van der Waals surface area contributed by atoms with Gasteiger partial charge in [-0.05, 0) is 55.6 Å². The summed E-state index contributed by atoms with van der Waals surface area (Å²) in [6.45, 7) is 6.42. The smallest absolute Gasteiger partial charge is 0.326 e. The zero-order valence-corrected chi connectivity index (χ0v) is 20.6. The van der Waals surface area contributed by atoms with Crippen LogP contribution in [-0.4, -0.2) is 56.6 Å². The van der Waals surface area contributed by atoms with E-state index in [9.17, 15) is 14.4 Å². The van der Waals surface area contributed by atoms with Crippen LogP contribution in [0.2, 0.25) is 0 Å². The summed E-state index contributed by atoms with van der Waals surface area (Å²) in [4.78, 5) is 47.3. The maximum atomic E-state index is 13.1. The number of esters is 1. The van der Waals surface area contributed by atoms with Gasteiger partial charge in [0.2, 0.25) is 11.7 Å². The Bertz CT molecular complexity index is 1060. The number of amides is 3. The fourth-order valence-electron chi connectivity index (χ4n) is 4.89. The van der Waals surface area contributed by atoms with Crippen LogP contribution in [0.5, 0.6) is 0 Å². The van der Waals surface area contributed by atoms with Crippen LogP contribution in [0.1, 0.15) is 65.2 Å². The molecule has 35 heavy (non-hydrogen) atoms. The molecule has 2 aliphatic rings. The minimum absolute atomic E-state index is 0.117. The van der Waals surface area contributed by atoms with Gasteiger partial charge in [-0.2, -0.15) is 4.98 Å². The first-order valence-electron chi connectivity index (χ1n) is 12.3. The molecule has 2 fully saturated rings. The van der Waals surface area contributed by atoms with Crippen LogP contribution in [0.3, 0.4) is 0 Å². The van der Waals surface area contributed by atoms with Gasteiger partial charge in [-0.3, -0.25) is 19.5 Å². The van der Waals surface area contributed by atoms with Crippen LogP contribution < -0.4 is 5.32 Å². The van der Waals surface area contributed by atoms with Crippen molar-refractivity contribution in [1.82, 2.24) is 25.3 Å². The van der Waals surface area contributed by atoms with Crippen molar-refractivity contribution in [3.05, 3.63) is 30.4 Å². The van der Waals surface area contributed by atoms with E-state index in [4.69, 9.17) is 9.26 Å². The minimum atomic E-state index is -0.887. The van der Waals surface area contributed by atoms with E-state index in [-0.39, 0.29) is 24.5 Å². The molecule has 1 N–H and O–H groups in total. The summed E-state index contributed by atoms with van der Waals surface area (Å²) in [6, 6.07) is 3.10. The Morgan fingerprint density at radius 3 is 2.77 bits per heavy atom. The number of urea groups is 1. The van der Waals surface area contributed by atoms with Crippen molar-refractivity contribution in [2.75, 3.05) is 13.2 Å². The number of imide groups is 1. The van der Waals surface area contributed by atoms with Gasteiger partial charge >= 0.3 is 12.0 Å². The Hall–Kier alpha value is -3.30. The summed E-state index contributed by atoms with van der Waals surface area (Å²) in [5.41, 5.74) is 0.0720.